The van der Waals surface area contributed by atoms with E-state index in [1.165, 1.54) is 43.9 Å². The molecule has 1 aromatic heterocycles. The first-order valence-electron chi connectivity index (χ1n) is 11.6. The molecule has 0 aliphatic heterocycles. The number of aromatic nitrogens is 3. The number of hydrogen-bond donors (Lipinski definition) is 1. The average molecular weight is 463 g/mol. The van der Waals surface area contributed by atoms with Gasteiger partial charge >= 0.3 is 0 Å². The molecule has 0 saturated heterocycles. The predicted octanol–water partition coefficient (Wildman–Crippen LogP) is 6.21. The molecular formula is C24H35ClN4OS. The lowest BCUT2D eigenvalue weighted by Crippen LogP contribution is -2.44. The minimum atomic E-state index is 0.0875. The summed E-state index contributed by atoms with van der Waals surface area (Å²) in [5.74, 6) is 2.49. The zero-order valence-electron chi connectivity index (χ0n) is 18.9. The van der Waals surface area contributed by atoms with Gasteiger partial charge in [0.15, 0.2) is 11.0 Å². The Balaban J connectivity index is 1.66. The lowest BCUT2D eigenvalue weighted by molar-refractivity contribution is -0.120. The van der Waals surface area contributed by atoms with Gasteiger partial charge in [-0.3, -0.25) is 4.79 Å². The standard InChI is InChI=1S/C24H35ClN4OS/c1-4-5-6-7-15-29-23(19-11-13-20(25)14-12-19)27-28-24(29)31-16-22(30)26-21-10-8-9-17(2)18(21)3/h11-14,17-18,21H,4-10,15-16H2,1-3H3,(H,26,30). The van der Waals surface area contributed by atoms with Crippen LogP contribution in [0.4, 0.5) is 0 Å². The van der Waals surface area contributed by atoms with Gasteiger partial charge in [0.1, 0.15) is 0 Å². The van der Waals surface area contributed by atoms with E-state index >= 15 is 0 Å². The number of benzene rings is 1. The molecule has 1 saturated carbocycles. The van der Waals surface area contributed by atoms with Crippen LogP contribution in [0.2, 0.25) is 5.02 Å². The zero-order chi connectivity index (χ0) is 22.2. The van der Waals surface area contributed by atoms with E-state index in [1.807, 2.05) is 24.3 Å². The van der Waals surface area contributed by atoms with Crippen LogP contribution in [0, 0.1) is 11.8 Å². The summed E-state index contributed by atoms with van der Waals surface area (Å²) in [5.41, 5.74) is 0.994. The van der Waals surface area contributed by atoms with Crippen LogP contribution in [0.3, 0.4) is 0 Å². The van der Waals surface area contributed by atoms with Gasteiger partial charge in [-0.2, -0.15) is 0 Å². The number of amides is 1. The summed E-state index contributed by atoms with van der Waals surface area (Å²) < 4.78 is 2.15. The first-order valence-corrected chi connectivity index (χ1v) is 13.0. The van der Waals surface area contributed by atoms with Gasteiger partial charge in [0.2, 0.25) is 5.91 Å². The van der Waals surface area contributed by atoms with Gasteiger partial charge in [-0.15, -0.1) is 10.2 Å². The van der Waals surface area contributed by atoms with Gasteiger partial charge in [-0.05, 0) is 48.9 Å². The fraction of sp³-hybridized carbons (Fsp3) is 0.625. The van der Waals surface area contributed by atoms with Gasteiger partial charge < -0.3 is 9.88 Å². The summed E-state index contributed by atoms with van der Waals surface area (Å²) in [5, 5.41) is 13.6. The van der Waals surface area contributed by atoms with E-state index in [9.17, 15) is 4.79 Å². The van der Waals surface area contributed by atoms with Crippen molar-refractivity contribution in [3.63, 3.8) is 0 Å². The second-order valence-electron chi connectivity index (χ2n) is 8.76. The van der Waals surface area contributed by atoms with Gasteiger partial charge in [0, 0.05) is 23.2 Å². The van der Waals surface area contributed by atoms with Crippen molar-refractivity contribution in [2.45, 2.75) is 83.5 Å². The second-order valence-corrected chi connectivity index (χ2v) is 10.1. The molecule has 3 rings (SSSR count). The van der Waals surface area contributed by atoms with Crippen LogP contribution in [-0.2, 0) is 11.3 Å². The Kier molecular flexibility index (Phi) is 9.27. The number of halogens is 1. The van der Waals surface area contributed by atoms with Crippen molar-refractivity contribution in [3.8, 4) is 11.4 Å². The molecule has 0 bridgehead atoms. The Morgan fingerprint density at radius 3 is 2.68 bits per heavy atom. The number of unbranched alkanes of at least 4 members (excludes halogenated alkanes) is 3. The maximum Gasteiger partial charge on any atom is 0.230 e. The van der Waals surface area contributed by atoms with Crippen molar-refractivity contribution in [2.75, 3.05) is 5.75 Å². The minimum Gasteiger partial charge on any atom is -0.352 e. The fourth-order valence-electron chi connectivity index (χ4n) is 4.27. The molecule has 1 heterocycles. The monoisotopic (exact) mass is 462 g/mol. The third kappa shape index (κ3) is 6.72. The number of thioether (sulfide) groups is 1. The lowest BCUT2D eigenvalue weighted by Gasteiger charge is -2.34. The third-order valence-electron chi connectivity index (χ3n) is 6.44. The molecule has 31 heavy (non-hydrogen) atoms. The van der Waals surface area contributed by atoms with Crippen LogP contribution in [0.1, 0.15) is 65.7 Å². The molecule has 1 aliphatic carbocycles. The predicted molar refractivity (Wildman–Crippen MR) is 129 cm³/mol. The van der Waals surface area contributed by atoms with E-state index < -0.39 is 0 Å². The second kappa shape index (κ2) is 11.9. The molecule has 1 fully saturated rings. The van der Waals surface area contributed by atoms with Crippen molar-refractivity contribution in [2.24, 2.45) is 11.8 Å². The summed E-state index contributed by atoms with van der Waals surface area (Å²) in [6.07, 6.45) is 8.21. The zero-order valence-corrected chi connectivity index (χ0v) is 20.5. The lowest BCUT2D eigenvalue weighted by atomic mass is 9.78. The van der Waals surface area contributed by atoms with Crippen molar-refractivity contribution < 1.29 is 4.79 Å². The van der Waals surface area contributed by atoms with Gasteiger partial charge in [0.05, 0.1) is 5.75 Å². The molecule has 170 valence electrons. The van der Waals surface area contributed by atoms with E-state index in [4.69, 9.17) is 11.6 Å². The fourth-order valence-corrected chi connectivity index (χ4v) is 5.17. The van der Waals surface area contributed by atoms with Gasteiger partial charge in [-0.25, -0.2) is 0 Å². The molecule has 1 aromatic carbocycles. The first-order chi connectivity index (χ1) is 15.0. The highest BCUT2D eigenvalue weighted by Crippen LogP contribution is 2.30. The Morgan fingerprint density at radius 2 is 1.94 bits per heavy atom. The largest absolute Gasteiger partial charge is 0.352 e. The highest BCUT2D eigenvalue weighted by molar-refractivity contribution is 7.99. The SMILES string of the molecule is CCCCCCn1c(SCC(=O)NC2CCCC(C)C2C)nnc1-c1ccc(Cl)cc1. The summed E-state index contributed by atoms with van der Waals surface area (Å²) in [4.78, 5) is 12.7. The molecule has 1 N–H and O–H groups in total. The average Bonchev–Trinajstić information content (AvgIpc) is 3.16. The molecule has 2 aromatic rings. The van der Waals surface area contributed by atoms with Gasteiger partial charge in [-0.1, -0.05) is 76.2 Å². The molecular weight excluding hydrogens is 428 g/mol. The minimum absolute atomic E-state index is 0.0875. The summed E-state index contributed by atoms with van der Waals surface area (Å²) in [7, 11) is 0. The number of nitrogens with zero attached hydrogens (tertiary/aromatic N) is 3. The number of carbonyl (C=O) groups excluding carboxylic acids is 1. The van der Waals surface area contributed by atoms with E-state index in [1.54, 1.807) is 0 Å². The van der Waals surface area contributed by atoms with E-state index in [-0.39, 0.29) is 11.9 Å². The highest BCUT2D eigenvalue weighted by Gasteiger charge is 2.28. The Labute approximate surface area is 195 Å². The molecule has 1 amide bonds. The van der Waals surface area contributed by atoms with Crippen LogP contribution in [0.5, 0.6) is 0 Å². The van der Waals surface area contributed by atoms with Crippen molar-refractivity contribution in [1.29, 1.82) is 0 Å². The maximum atomic E-state index is 12.7. The quantitative estimate of drug-likeness (QED) is 0.336. The Bertz CT molecular complexity index is 839. The van der Waals surface area contributed by atoms with Crippen LogP contribution in [-0.4, -0.2) is 32.5 Å². The normalized spacial score (nSPS) is 21.2. The van der Waals surface area contributed by atoms with E-state index in [0.29, 0.717) is 22.6 Å². The Hall–Kier alpha value is -1.53. The molecule has 3 atom stereocenters. The highest BCUT2D eigenvalue weighted by atomic mass is 35.5. The molecule has 7 heteroatoms. The first kappa shape index (κ1) is 24.1. The Morgan fingerprint density at radius 1 is 1.16 bits per heavy atom. The topological polar surface area (TPSA) is 59.8 Å². The van der Waals surface area contributed by atoms with Gasteiger partial charge in [0.25, 0.3) is 0 Å². The number of nitrogens with one attached hydrogen (secondary N) is 1. The maximum absolute atomic E-state index is 12.7. The summed E-state index contributed by atoms with van der Waals surface area (Å²) in [6.45, 7) is 7.61. The smallest absolute Gasteiger partial charge is 0.230 e. The van der Waals surface area contributed by atoms with E-state index in [2.05, 4.69) is 40.9 Å². The summed E-state index contributed by atoms with van der Waals surface area (Å²) >= 11 is 7.53. The van der Waals surface area contributed by atoms with Crippen LogP contribution < -0.4 is 5.32 Å². The molecule has 5 nitrogen and oxygen atoms in total. The number of hydrogen-bond acceptors (Lipinski definition) is 4. The van der Waals surface area contributed by atoms with Crippen molar-refractivity contribution in [3.05, 3.63) is 29.3 Å². The van der Waals surface area contributed by atoms with Crippen molar-refractivity contribution >= 4 is 29.3 Å². The molecule has 0 spiro atoms. The number of rotatable bonds is 10. The van der Waals surface area contributed by atoms with Crippen LogP contribution in [0.15, 0.2) is 29.4 Å². The van der Waals surface area contributed by atoms with E-state index in [0.717, 1.165) is 35.9 Å². The third-order valence-corrected chi connectivity index (χ3v) is 7.66. The molecule has 1 aliphatic rings. The molecule has 3 unspecified atom stereocenters. The summed E-state index contributed by atoms with van der Waals surface area (Å²) in [6, 6.07) is 7.98. The number of carbonyl (C=O) groups is 1. The van der Waals surface area contributed by atoms with Crippen LogP contribution in [0.25, 0.3) is 11.4 Å². The van der Waals surface area contributed by atoms with Crippen molar-refractivity contribution in [1.82, 2.24) is 20.1 Å². The van der Waals surface area contributed by atoms with Crippen LogP contribution >= 0.6 is 23.4 Å². The molecule has 0 radical (unpaired) electrons.